The number of hydrogen-bond donors (Lipinski definition) is 0. The molecule has 0 saturated carbocycles. The summed E-state index contributed by atoms with van der Waals surface area (Å²) in [6, 6.07) is 6.44. The maximum absolute atomic E-state index is 13.4. The van der Waals surface area contributed by atoms with Gasteiger partial charge < -0.3 is 14.3 Å². The van der Waals surface area contributed by atoms with Crippen molar-refractivity contribution < 1.29 is 31.9 Å². The smallest absolute Gasteiger partial charge is 0.438 e. The summed E-state index contributed by atoms with van der Waals surface area (Å²) >= 11 is 0. The van der Waals surface area contributed by atoms with Crippen LogP contribution in [0.25, 0.3) is 0 Å². The van der Waals surface area contributed by atoms with E-state index in [2.05, 4.69) is 14.9 Å². The molecule has 0 unspecified atom stereocenters. The molecule has 2 aromatic rings. The first-order valence-electron chi connectivity index (χ1n) is 7.18. The quantitative estimate of drug-likeness (QED) is 0.771. The molecule has 0 bridgehead atoms. The highest BCUT2D eigenvalue weighted by Crippen LogP contribution is 2.30. The highest BCUT2D eigenvalue weighted by Gasteiger charge is 2.31. The zero-order valence-electron chi connectivity index (χ0n) is 12.9. The van der Waals surface area contributed by atoms with Crippen molar-refractivity contribution in [1.29, 1.82) is 0 Å². The standard InChI is InChI=1S/C16H12F4N2O3/c1-9-13(17)6-12(8-21-9)23-15-7-14(25-22-15)10-2-4-11(5-3-10)24-16(18,19)20/h2-6,8,14H,7H2,1H3/t14-/m0/s1. The van der Waals surface area contributed by atoms with E-state index in [1.807, 2.05) is 0 Å². The van der Waals surface area contributed by atoms with Gasteiger partial charge >= 0.3 is 6.36 Å². The molecule has 5 nitrogen and oxygen atoms in total. The van der Waals surface area contributed by atoms with Crippen LogP contribution in [0.4, 0.5) is 17.6 Å². The van der Waals surface area contributed by atoms with E-state index in [1.165, 1.54) is 43.5 Å². The van der Waals surface area contributed by atoms with Crippen LogP contribution >= 0.6 is 0 Å². The number of halogens is 4. The zero-order valence-corrected chi connectivity index (χ0v) is 12.9. The lowest BCUT2D eigenvalue weighted by molar-refractivity contribution is -0.274. The second kappa shape index (κ2) is 6.58. The molecular weight excluding hydrogens is 344 g/mol. The maximum Gasteiger partial charge on any atom is 0.573 e. The Hall–Kier alpha value is -2.84. The summed E-state index contributed by atoms with van der Waals surface area (Å²) in [5.74, 6) is -0.438. The van der Waals surface area contributed by atoms with Gasteiger partial charge in [0.2, 0.25) is 5.90 Å². The fraction of sp³-hybridized carbons (Fsp3) is 0.250. The summed E-state index contributed by atoms with van der Waals surface area (Å²) in [7, 11) is 0. The Labute approximate surface area is 139 Å². The minimum Gasteiger partial charge on any atom is -0.438 e. The minimum absolute atomic E-state index is 0.181. The van der Waals surface area contributed by atoms with E-state index in [4.69, 9.17) is 9.57 Å². The lowest BCUT2D eigenvalue weighted by atomic mass is 10.1. The highest BCUT2D eigenvalue weighted by atomic mass is 19.4. The number of aryl methyl sites for hydroxylation is 1. The first-order valence-corrected chi connectivity index (χ1v) is 7.18. The third kappa shape index (κ3) is 4.37. The van der Waals surface area contributed by atoms with Gasteiger partial charge in [-0.05, 0) is 24.6 Å². The minimum atomic E-state index is -4.74. The zero-order chi connectivity index (χ0) is 18.0. The van der Waals surface area contributed by atoms with Crippen LogP contribution in [0.5, 0.6) is 11.5 Å². The Kier molecular flexibility index (Phi) is 4.47. The topological polar surface area (TPSA) is 52.9 Å². The predicted octanol–water partition coefficient (Wildman–Crippen LogP) is 4.28. The van der Waals surface area contributed by atoms with Crippen LogP contribution in [-0.4, -0.2) is 17.2 Å². The first-order chi connectivity index (χ1) is 11.8. The Morgan fingerprint density at radius 2 is 1.88 bits per heavy atom. The molecule has 0 amide bonds. The second-order valence-electron chi connectivity index (χ2n) is 5.24. The molecule has 0 radical (unpaired) electrons. The van der Waals surface area contributed by atoms with Crippen molar-refractivity contribution in [3.8, 4) is 11.5 Å². The van der Waals surface area contributed by atoms with Crippen LogP contribution in [0.1, 0.15) is 23.8 Å². The van der Waals surface area contributed by atoms with E-state index in [0.29, 0.717) is 5.56 Å². The molecule has 0 fully saturated rings. The van der Waals surface area contributed by atoms with Gasteiger partial charge in [-0.15, -0.1) is 13.2 Å². The van der Waals surface area contributed by atoms with Crippen molar-refractivity contribution in [2.24, 2.45) is 5.16 Å². The van der Waals surface area contributed by atoms with Crippen LogP contribution in [0.3, 0.4) is 0 Å². The molecule has 9 heteroatoms. The number of benzene rings is 1. The van der Waals surface area contributed by atoms with Gasteiger partial charge in [0.05, 0.1) is 18.3 Å². The van der Waals surface area contributed by atoms with Crippen molar-refractivity contribution in [2.75, 3.05) is 0 Å². The first kappa shape index (κ1) is 17.0. The van der Waals surface area contributed by atoms with Gasteiger partial charge in [0, 0.05) is 6.07 Å². The number of oxime groups is 1. The van der Waals surface area contributed by atoms with E-state index in [1.54, 1.807) is 0 Å². The number of pyridine rings is 1. The number of rotatable bonds is 3. The van der Waals surface area contributed by atoms with Crippen molar-refractivity contribution in [1.82, 2.24) is 4.98 Å². The third-order valence-electron chi connectivity index (χ3n) is 3.36. The van der Waals surface area contributed by atoms with Crippen molar-refractivity contribution in [2.45, 2.75) is 25.8 Å². The van der Waals surface area contributed by atoms with E-state index >= 15 is 0 Å². The molecule has 1 aromatic heterocycles. The molecular formula is C16H12F4N2O3. The van der Waals surface area contributed by atoms with Gasteiger partial charge in [-0.3, -0.25) is 4.98 Å². The molecule has 0 N–H and O–H groups in total. The normalized spacial score (nSPS) is 17.0. The molecule has 25 heavy (non-hydrogen) atoms. The van der Waals surface area contributed by atoms with Gasteiger partial charge in [0.15, 0.2) is 6.10 Å². The summed E-state index contributed by atoms with van der Waals surface area (Å²) in [6.45, 7) is 1.53. The molecule has 1 aliphatic heterocycles. The molecule has 1 atom stereocenters. The van der Waals surface area contributed by atoms with Crippen molar-refractivity contribution in [3.63, 3.8) is 0 Å². The van der Waals surface area contributed by atoms with Crippen LogP contribution in [-0.2, 0) is 4.84 Å². The number of nitrogens with zero attached hydrogens (tertiary/aromatic N) is 2. The molecule has 3 rings (SSSR count). The number of aromatic nitrogens is 1. The average Bonchev–Trinajstić information content (AvgIpc) is 2.99. The fourth-order valence-corrected chi connectivity index (χ4v) is 2.16. The monoisotopic (exact) mass is 356 g/mol. The van der Waals surface area contributed by atoms with E-state index in [0.717, 1.165) is 0 Å². The number of alkyl halides is 3. The molecule has 1 aromatic carbocycles. The highest BCUT2D eigenvalue weighted by molar-refractivity contribution is 5.79. The van der Waals surface area contributed by atoms with Gasteiger partial charge in [-0.2, -0.15) is 0 Å². The largest absolute Gasteiger partial charge is 0.573 e. The Morgan fingerprint density at radius 3 is 2.52 bits per heavy atom. The maximum atomic E-state index is 13.4. The lowest BCUT2D eigenvalue weighted by Crippen LogP contribution is -2.17. The Bertz CT molecular complexity index is 791. The molecule has 0 saturated heterocycles. The lowest BCUT2D eigenvalue weighted by Gasteiger charge is -2.11. The molecule has 1 aliphatic rings. The second-order valence-corrected chi connectivity index (χ2v) is 5.24. The Morgan fingerprint density at radius 1 is 1.16 bits per heavy atom. The van der Waals surface area contributed by atoms with Gasteiger partial charge in [-0.25, -0.2) is 4.39 Å². The van der Waals surface area contributed by atoms with Gasteiger partial charge in [0.1, 0.15) is 17.3 Å². The van der Waals surface area contributed by atoms with Crippen LogP contribution in [0.15, 0.2) is 41.7 Å². The summed E-state index contributed by atoms with van der Waals surface area (Å²) in [4.78, 5) is 9.04. The average molecular weight is 356 g/mol. The molecule has 0 aliphatic carbocycles. The summed E-state index contributed by atoms with van der Waals surface area (Å²) < 4.78 is 59.1. The predicted molar refractivity (Wildman–Crippen MR) is 78.6 cm³/mol. The summed E-state index contributed by atoms with van der Waals surface area (Å²) in [5, 5.41) is 3.76. The molecule has 0 spiro atoms. The Balaban J connectivity index is 1.61. The van der Waals surface area contributed by atoms with Crippen LogP contribution in [0.2, 0.25) is 0 Å². The summed E-state index contributed by atoms with van der Waals surface area (Å²) in [6.07, 6.45) is -3.66. The molecule has 2 heterocycles. The van der Waals surface area contributed by atoms with E-state index in [-0.39, 0.29) is 29.5 Å². The number of hydrogen-bond acceptors (Lipinski definition) is 5. The number of ether oxygens (including phenoxy) is 2. The van der Waals surface area contributed by atoms with Crippen LogP contribution < -0.4 is 9.47 Å². The molecule has 132 valence electrons. The third-order valence-corrected chi connectivity index (χ3v) is 3.36. The fourth-order valence-electron chi connectivity index (χ4n) is 2.16. The van der Waals surface area contributed by atoms with E-state index in [9.17, 15) is 17.6 Å². The van der Waals surface area contributed by atoms with Gasteiger partial charge in [0.25, 0.3) is 0 Å². The van der Waals surface area contributed by atoms with Gasteiger partial charge in [-0.1, -0.05) is 17.3 Å². The van der Waals surface area contributed by atoms with Crippen LogP contribution in [0, 0.1) is 12.7 Å². The van der Waals surface area contributed by atoms with Crippen molar-refractivity contribution in [3.05, 3.63) is 53.6 Å². The SMILES string of the molecule is Cc1ncc(OC2=NO[C@H](c3ccc(OC(F)(F)F)cc3)C2)cc1F. The summed E-state index contributed by atoms with van der Waals surface area (Å²) in [5.41, 5.74) is 0.848. The van der Waals surface area contributed by atoms with Crippen molar-refractivity contribution >= 4 is 5.90 Å². The van der Waals surface area contributed by atoms with E-state index < -0.39 is 18.3 Å².